The van der Waals surface area contributed by atoms with Crippen molar-refractivity contribution in [1.82, 2.24) is 9.13 Å². The molecule has 0 aliphatic carbocycles. The Labute approximate surface area is 436 Å². The highest BCUT2D eigenvalue weighted by atomic mass is 31.2. The average molecular weight is 1020 g/mol. The number of benzene rings is 11. The van der Waals surface area contributed by atoms with Crippen molar-refractivity contribution in [3.8, 4) is 34.4 Å². The molecule has 0 fully saturated rings. The molecular formula is C66H40N4O4P2. The molecule has 8 nitrogen and oxygen atoms in total. The largest absolute Gasteiger partial charge is 0.455 e. The topological polar surface area (TPSA) is 68.9 Å². The van der Waals surface area contributed by atoms with Gasteiger partial charge in [-0.05, 0) is 91.0 Å². The van der Waals surface area contributed by atoms with Gasteiger partial charge in [-0.3, -0.25) is 0 Å². The lowest BCUT2D eigenvalue weighted by Gasteiger charge is -2.43. The van der Waals surface area contributed by atoms with E-state index in [0.717, 1.165) is 89.1 Å². The monoisotopic (exact) mass is 1010 g/mol. The van der Waals surface area contributed by atoms with Crippen LogP contribution in [0, 0.1) is 0 Å². The van der Waals surface area contributed by atoms with E-state index in [1.807, 2.05) is 97.1 Å². The fourth-order valence-electron chi connectivity index (χ4n) is 13.0. The molecule has 358 valence electrons. The Morgan fingerprint density at radius 2 is 0.658 bits per heavy atom. The summed E-state index contributed by atoms with van der Waals surface area (Å²) in [7, 11) is -7.85. The molecule has 10 heteroatoms. The van der Waals surface area contributed by atoms with Crippen LogP contribution in [0.1, 0.15) is 0 Å². The highest BCUT2D eigenvalue weighted by molar-refractivity contribution is 7.88. The van der Waals surface area contributed by atoms with Crippen LogP contribution in [0.3, 0.4) is 0 Å². The van der Waals surface area contributed by atoms with Crippen LogP contribution >= 0.6 is 14.3 Å². The lowest BCUT2D eigenvalue weighted by Crippen LogP contribution is -2.43. The summed E-state index contributed by atoms with van der Waals surface area (Å²) in [4.78, 5) is 4.53. The minimum Gasteiger partial charge on any atom is -0.455 e. The average Bonchev–Trinajstić information content (AvgIpc) is 4.16. The van der Waals surface area contributed by atoms with Crippen LogP contribution in [-0.4, -0.2) is 9.13 Å². The third kappa shape index (κ3) is 5.29. The summed E-state index contributed by atoms with van der Waals surface area (Å²) < 4.78 is 54.7. The lowest BCUT2D eigenvalue weighted by molar-refractivity contribution is 0.464. The third-order valence-corrected chi connectivity index (χ3v) is 22.3. The van der Waals surface area contributed by atoms with E-state index in [9.17, 15) is 0 Å². The van der Waals surface area contributed by atoms with Crippen molar-refractivity contribution in [3.63, 3.8) is 0 Å². The molecule has 0 saturated heterocycles. The van der Waals surface area contributed by atoms with Gasteiger partial charge in [0.25, 0.3) is 0 Å². The molecule has 76 heavy (non-hydrogen) atoms. The van der Waals surface area contributed by atoms with E-state index in [0.29, 0.717) is 54.8 Å². The Morgan fingerprint density at radius 1 is 0.303 bits per heavy atom. The van der Waals surface area contributed by atoms with Crippen molar-refractivity contribution in [3.05, 3.63) is 243 Å². The van der Waals surface area contributed by atoms with Gasteiger partial charge in [-0.15, -0.1) is 0 Å². The van der Waals surface area contributed by atoms with Crippen molar-refractivity contribution in [2.24, 2.45) is 0 Å². The van der Waals surface area contributed by atoms with Crippen LogP contribution in [-0.2, 0) is 9.13 Å². The van der Waals surface area contributed by atoms with Gasteiger partial charge in [0, 0.05) is 73.1 Å². The first-order valence-electron chi connectivity index (χ1n) is 25.5. The smallest absolute Gasteiger partial charge is 0.182 e. The Morgan fingerprint density at radius 3 is 1.08 bits per heavy atom. The van der Waals surface area contributed by atoms with Crippen molar-refractivity contribution in [2.45, 2.75) is 0 Å². The van der Waals surface area contributed by atoms with Crippen LogP contribution in [0.25, 0.3) is 55.0 Å². The Hall–Kier alpha value is -9.32. The van der Waals surface area contributed by atoms with Crippen LogP contribution in [0.5, 0.6) is 23.0 Å². The predicted molar refractivity (Wildman–Crippen MR) is 311 cm³/mol. The Kier molecular flexibility index (Phi) is 8.39. The second-order valence-corrected chi connectivity index (χ2v) is 25.1. The van der Waals surface area contributed by atoms with Gasteiger partial charge in [-0.25, -0.2) is 0 Å². The number of aromatic nitrogens is 2. The van der Waals surface area contributed by atoms with E-state index in [1.165, 1.54) is 0 Å². The van der Waals surface area contributed by atoms with Crippen LogP contribution in [0.2, 0.25) is 0 Å². The van der Waals surface area contributed by atoms with Crippen LogP contribution in [0.4, 0.5) is 34.1 Å². The van der Waals surface area contributed by atoms with Gasteiger partial charge in [-0.1, -0.05) is 133 Å². The minimum absolute atomic E-state index is 0.399. The number of para-hydroxylation sites is 8. The summed E-state index contributed by atoms with van der Waals surface area (Å²) in [5.74, 6) is 1.79. The summed E-state index contributed by atoms with van der Waals surface area (Å²) in [6.45, 7) is 0. The number of hydrogen-bond acceptors (Lipinski definition) is 6. The fraction of sp³-hybridized carbons (Fsp3) is 0. The normalized spacial score (nSPS) is 17.3. The fourth-order valence-corrected chi connectivity index (χ4v) is 19.5. The Balaban J connectivity index is 0.998. The van der Waals surface area contributed by atoms with Crippen molar-refractivity contribution in [2.75, 3.05) is 9.80 Å². The molecule has 2 atom stereocenters. The summed E-state index contributed by atoms with van der Waals surface area (Å²) in [6, 6.07) is 82.4. The summed E-state index contributed by atoms with van der Waals surface area (Å²) in [5, 5.41) is 7.49. The number of rotatable bonds is 4. The number of fused-ring (bicyclic) bond motifs is 16. The second kappa shape index (κ2) is 15.1. The maximum Gasteiger partial charge on any atom is 0.182 e. The first-order chi connectivity index (χ1) is 37.5. The van der Waals surface area contributed by atoms with Crippen LogP contribution in [0.15, 0.2) is 243 Å². The van der Waals surface area contributed by atoms with Gasteiger partial charge in [0.1, 0.15) is 23.0 Å². The molecule has 0 N–H and O–H groups in total. The molecule has 0 spiro atoms. The maximum absolute atomic E-state index is 17.8. The van der Waals surface area contributed by atoms with Gasteiger partial charge in [0.15, 0.2) is 14.3 Å². The molecule has 17 rings (SSSR count). The van der Waals surface area contributed by atoms with Crippen molar-refractivity contribution in [1.29, 1.82) is 0 Å². The highest BCUT2D eigenvalue weighted by Gasteiger charge is 2.54. The molecular weight excluding hydrogens is 975 g/mol. The molecule has 2 aromatic heterocycles. The molecule has 4 aliphatic heterocycles. The number of anilines is 6. The summed E-state index contributed by atoms with van der Waals surface area (Å²) in [6.07, 6.45) is 0. The van der Waals surface area contributed by atoms with Gasteiger partial charge in [0.05, 0.1) is 66.0 Å². The molecule has 0 saturated carbocycles. The van der Waals surface area contributed by atoms with E-state index >= 15 is 9.13 Å². The van der Waals surface area contributed by atoms with Crippen molar-refractivity contribution < 1.29 is 18.6 Å². The Bertz CT molecular complexity index is 4490. The van der Waals surface area contributed by atoms with Crippen molar-refractivity contribution >= 4 is 124 Å². The molecule has 6 heterocycles. The zero-order chi connectivity index (χ0) is 50.0. The van der Waals surface area contributed by atoms with Gasteiger partial charge in [0.2, 0.25) is 0 Å². The maximum atomic E-state index is 17.8. The standard InChI is InChI=1S/C66H40N4O4P2/c71-75-57-35-19-17-33-49(57)69(43-25-9-3-10-26-43)63-61-45-29-13-15-31-47(45)67(41-21-5-1-6-22-41)51(61)37-55(65(63)75)73-53-39-54-60(40-59(53)75)76(72)58-36-20-18-34-50(58)70(44-27-11-4-12-28-44)64-62-46-30-14-16-32-48(46)68(42-23-7-2-8-24-42)52(62)38-56(74-54)66(64)76/h1-40H. The first-order valence-corrected chi connectivity index (χ1v) is 28.9. The number of ether oxygens (including phenoxy) is 2. The molecule has 13 aromatic rings. The quantitative estimate of drug-likeness (QED) is 0.164. The molecule has 2 unspecified atom stereocenters. The highest BCUT2D eigenvalue weighted by Crippen LogP contribution is 2.66. The number of hydrogen-bond donors (Lipinski definition) is 0. The predicted octanol–water partition coefficient (Wildman–Crippen LogP) is 14.9. The summed E-state index contributed by atoms with van der Waals surface area (Å²) in [5.41, 5.74) is 10.9. The minimum atomic E-state index is -3.92. The zero-order valence-electron chi connectivity index (χ0n) is 40.4. The van der Waals surface area contributed by atoms with Gasteiger partial charge >= 0.3 is 0 Å². The lowest BCUT2D eigenvalue weighted by atomic mass is 10.1. The SMILES string of the molecule is O=P12c3cc4c(cc3Oc3cc5c(c(c31)N(c1ccccc1)c1ccccc12)c1ccccc1n5-c1ccccc1)Oc1cc2c(c3c1P4(=O)c1ccccc1N3c1ccccc1)c1ccccc1n2-c1ccccc1. The first kappa shape index (κ1) is 42.1. The van der Waals surface area contributed by atoms with E-state index in [1.54, 1.807) is 0 Å². The zero-order valence-corrected chi connectivity index (χ0v) is 42.2. The van der Waals surface area contributed by atoms with Gasteiger partial charge < -0.3 is 37.5 Å². The molecule has 0 amide bonds. The van der Waals surface area contributed by atoms with Crippen LogP contribution < -0.4 is 51.1 Å². The van der Waals surface area contributed by atoms with Gasteiger partial charge in [-0.2, -0.15) is 0 Å². The van der Waals surface area contributed by atoms with E-state index < -0.39 is 14.3 Å². The molecule has 11 aromatic carbocycles. The third-order valence-electron chi connectivity index (χ3n) is 16.0. The second-order valence-electron chi connectivity index (χ2n) is 19.8. The summed E-state index contributed by atoms with van der Waals surface area (Å²) >= 11 is 0. The number of nitrogens with zero attached hydrogens (tertiary/aromatic N) is 4. The molecule has 4 aliphatic rings. The molecule has 0 radical (unpaired) electrons. The molecule has 0 bridgehead atoms. The van der Waals surface area contributed by atoms with E-state index in [2.05, 4.69) is 165 Å². The van der Waals surface area contributed by atoms with E-state index in [4.69, 9.17) is 9.47 Å². The van der Waals surface area contributed by atoms with E-state index in [-0.39, 0.29) is 0 Å².